The van der Waals surface area contributed by atoms with Crippen molar-refractivity contribution in [2.45, 2.75) is 31.2 Å². The molecule has 1 aliphatic carbocycles. The van der Waals surface area contributed by atoms with E-state index in [1.165, 1.54) is 12.1 Å². The van der Waals surface area contributed by atoms with Gasteiger partial charge in [0.1, 0.15) is 17.1 Å². The number of carbonyl (C=O) groups excluding carboxylic acids is 1. The van der Waals surface area contributed by atoms with Crippen LogP contribution in [0.25, 0.3) is 0 Å². The molecule has 1 amide bonds. The zero-order chi connectivity index (χ0) is 13.2. The molecule has 1 aromatic carbocycles. The number of aromatic hydroxyl groups is 1. The van der Waals surface area contributed by atoms with E-state index < -0.39 is 17.3 Å². The molecular weight excluding hydrogens is 235 g/mol. The smallest absolute Gasteiger partial charge is 0.258 e. The van der Waals surface area contributed by atoms with Crippen LogP contribution in [0.15, 0.2) is 18.2 Å². The average Bonchev–Trinajstić information content (AvgIpc) is 2.78. The number of halogens is 1. The Morgan fingerprint density at radius 1 is 1.44 bits per heavy atom. The summed E-state index contributed by atoms with van der Waals surface area (Å²) in [5, 5.41) is 12.3. The van der Waals surface area contributed by atoms with Gasteiger partial charge in [-0.25, -0.2) is 4.39 Å². The molecule has 1 aliphatic rings. The van der Waals surface area contributed by atoms with Gasteiger partial charge in [-0.1, -0.05) is 18.9 Å². The van der Waals surface area contributed by atoms with Gasteiger partial charge in [0.2, 0.25) is 0 Å². The second-order valence-corrected chi connectivity index (χ2v) is 4.78. The van der Waals surface area contributed by atoms with Crippen LogP contribution >= 0.6 is 0 Å². The predicted molar refractivity (Wildman–Crippen MR) is 65.8 cm³/mol. The van der Waals surface area contributed by atoms with Gasteiger partial charge in [-0.05, 0) is 25.0 Å². The zero-order valence-corrected chi connectivity index (χ0v) is 10.1. The number of nitrogens with two attached hydrogens (primary N) is 1. The molecule has 4 N–H and O–H groups in total. The first-order valence-electron chi connectivity index (χ1n) is 6.08. The highest BCUT2D eigenvalue weighted by atomic mass is 19.1. The summed E-state index contributed by atoms with van der Waals surface area (Å²) in [4.78, 5) is 12.0. The lowest BCUT2D eigenvalue weighted by molar-refractivity contribution is 0.0896. The number of phenolic OH excluding ortho intramolecular Hbond substituents is 1. The number of hydrogen-bond acceptors (Lipinski definition) is 3. The van der Waals surface area contributed by atoms with Crippen molar-refractivity contribution in [1.82, 2.24) is 5.32 Å². The molecule has 0 radical (unpaired) electrons. The van der Waals surface area contributed by atoms with Crippen molar-refractivity contribution in [3.05, 3.63) is 29.6 Å². The Morgan fingerprint density at radius 2 is 2.11 bits per heavy atom. The molecule has 0 unspecified atom stereocenters. The zero-order valence-electron chi connectivity index (χ0n) is 10.1. The Bertz CT molecular complexity index is 436. The van der Waals surface area contributed by atoms with Crippen molar-refractivity contribution in [3.63, 3.8) is 0 Å². The SMILES string of the molecule is NCC1(NC(=O)c2c(O)cccc2F)CCCC1. The molecule has 4 nitrogen and oxygen atoms in total. The maximum absolute atomic E-state index is 13.6. The Morgan fingerprint density at radius 3 is 2.67 bits per heavy atom. The molecule has 0 heterocycles. The fourth-order valence-corrected chi connectivity index (χ4v) is 2.47. The summed E-state index contributed by atoms with van der Waals surface area (Å²) in [6.45, 7) is 0.327. The van der Waals surface area contributed by atoms with Crippen LogP contribution in [0.4, 0.5) is 4.39 Å². The molecule has 5 heteroatoms. The maximum atomic E-state index is 13.6. The van der Waals surface area contributed by atoms with Crippen molar-refractivity contribution in [2.75, 3.05) is 6.54 Å². The first kappa shape index (κ1) is 12.8. The van der Waals surface area contributed by atoms with E-state index in [-0.39, 0.29) is 11.3 Å². The number of benzene rings is 1. The third kappa shape index (κ3) is 2.31. The number of phenols is 1. The summed E-state index contributed by atoms with van der Waals surface area (Å²) in [6.07, 6.45) is 3.59. The molecule has 0 atom stereocenters. The summed E-state index contributed by atoms with van der Waals surface area (Å²) in [5.41, 5.74) is 4.94. The van der Waals surface area contributed by atoms with Gasteiger partial charge in [-0.2, -0.15) is 0 Å². The van der Waals surface area contributed by atoms with Crippen molar-refractivity contribution in [3.8, 4) is 5.75 Å². The average molecular weight is 252 g/mol. The summed E-state index contributed by atoms with van der Waals surface area (Å²) in [6, 6.07) is 3.80. The van der Waals surface area contributed by atoms with E-state index in [2.05, 4.69) is 5.32 Å². The van der Waals surface area contributed by atoms with Gasteiger partial charge in [0.25, 0.3) is 5.91 Å². The van der Waals surface area contributed by atoms with Crippen molar-refractivity contribution >= 4 is 5.91 Å². The van der Waals surface area contributed by atoms with Gasteiger partial charge >= 0.3 is 0 Å². The largest absolute Gasteiger partial charge is 0.507 e. The van der Waals surface area contributed by atoms with Crippen LogP contribution < -0.4 is 11.1 Å². The third-order valence-electron chi connectivity index (χ3n) is 3.55. The molecule has 2 rings (SSSR count). The third-order valence-corrected chi connectivity index (χ3v) is 3.55. The normalized spacial score (nSPS) is 17.7. The number of carbonyl (C=O) groups is 1. The molecule has 0 bridgehead atoms. The monoisotopic (exact) mass is 252 g/mol. The van der Waals surface area contributed by atoms with Gasteiger partial charge < -0.3 is 16.2 Å². The minimum absolute atomic E-state index is 0.308. The van der Waals surface area contributed by atoms with Crippen LogP contribution in [-0.4, -0.2) is 23.1 Å². The van der Waals surface area contributed by atoms with Crippen LogP contribution in [0, 0.1) is 5.82 Å². The highest BCUT2D eigenvalue weighted by molar-refractivity contribution is 5.97. The lowest BCUT2D eigenvalue weighted by atomic mass is 9.97. The fourth-order valence-electron chi connectivity index (χ4n) is 2.47. The summed E-state index contributed by atoms with van der Waals surface area (Å²) < 4.78 is 13.6. The van der Waals surface area contributed by atoms with Crippen molar-refractivity contribution < 1.29 is 14.3 Å². The van der Waals surface area contributed by atoms with E-state index >= 15 is 0 Å². The van der Waals surface area contributed by atoms with Gasteiger partial charge in [0.05, 0.1) is 5.54 Å². The van der Waals surface area contributed by atoms with Gasteiger partial charge in [-0.3, -0.25) is 4.79 Å². The Labute approximate surface area is 105 Å². The minimum atomic E-state index is -0.724. The predicted octanol–water partition coefficient (Wildman–Crippen LogP) is 1.53. The first-order valence-corrected chi connectivity index (χ1v) is 6.08. The van der Waals surface area contributed by atoms with Crippen molar-refractivity contribution in [1.29, 1.82) is 0 Å². The molecule has 0 spiro atoms. The topological polar surface area (TPSA) is 75.3 Å². The van der Waals surface area contributed by atoms with Crippen LogP contribution in [0.2, 0.25) is 0 Å². The molecule has 1 aromatic rings. The standard InChI is InChI=1S/C13H17FN2O2/c14-9-4-3-5-10(17)11(9)12(18)16-13(8-15)6-1-2-7-13/h3-5,17H,1-2,6-8,15H2,(H,16,18). The van der Waals surface area contributed by atoms with Crippen LogP contribution in [-0.2, 0) is 0 Å². The van der Waals surface area contributed by atoms with E-state index in [4.69, 9.17) is 5.73 Å². The van der Waals surface area contributed by atoms with E-state index in [1.54, 1.807) is 0 Å². The molecule has 0 saturated heterocycles. The quantitative estimate of drug-likeness (QED) is 0.763. The summed E-state index contributed by atoms with van der Waals surface area (Å²) >= 11 is 0. The second kappa shape index (κ2) is 4.94. The Kier molecular flexibility index (Phi) is 3.52. The van der Waals surface area contributed by atoms with Gasteiger partial charge in [0.15, 0.2) is 0 Å². The first-order chi connectivity index (χ1) is 8.58. The molecule has 18 heavy (non-hydrogen) atoms. The van der Waals surface area contributed by atoms with E-state index in [0.717, 1.165) is 31.7 Å². The number of rotatable bonds is 3. The van der Waals surface area contributed by atoms with E-state index in [9.17, 15) is 14.3 Å². The maximum Gasteiger partial charge on any atom is 0.258 e. The Balaban J connectivity index is 2.22. The lowest BCUT2D eigenvalue weighted by Crippen LogP contribution is -2.51. The van der Waals surface area contributed by atoms with Gasteiger partial charge in [-0.15, -0.1) is 0 Å². The molecule has 98 valence electrons. The minimum Gasteiger partial charge on any atom is -0.507 e. The molecule has 0 aliphatic heterocycles. The van der Waals surface area contributed by atoms with E-state index in [1.807, 2.05) is 0 Å². The molecule has 0 aromatic heterocycles. The second-order valence-electron chi connectivity index (χ2n) is 4.78. The van der Waals surface area contributed by atoms with Crippen molar-refractivity contribution in [2.24, 2.45) is 5.73 Å². The molecule has 1 fully saturated rings. The lowest BCUT2D eigenvalue weighted by Gasteiger charge is -2.28. The van der Waals surface area contributed by atoms with Crippen LogP contribution in [0.1, 0.15) is 36.0 Å². The van der Waals surface area contributed by atoms with E-state index in [0.29, 0.717) is 6.54 Å². The highest BCUT2D eigenvalue weighted by Gasteiger charge is 2.35. The summed E-state index contributed by atoms with van der Waals surface area (Å²) in [7, 11) is 0. The number of amides is 1. The fraction of sp³-hybridized carbons (Fsp3) is 0.462. The van der Waals surface area contributed by atoms with Crippen LogP contribution in [0.5, 0.6) is 5.75 Å². The van der Waals surface area contributed by atoms with Gasteiger partial charge in [0, 0.05) is 6.54 Å². The molecular formula is C13H17FN2O2. The molecule has 1 saturated carbocycles. The summed E-state index contributed by atoms with van der Waals surface area (Å²) in [5.74, 6) is -1.67. The number of nitrogens with one attached hydrogen (secondary N) is 1. The highest BCUT2D eigenvalue weighted by Crippen LogP contribution is 2.30. The number of hydrogen-bond donors (Lipinski definition) is 3. The van der Waals surface area contributed by atoms with Crippen LogP contribution in [0.3, 0.4) is 0 Å². The Hall–Kier alpha value is -1.62.